The third-order valence-electron chi connectivity index (χ3n) is 1.26. The second-order valence-electron chi connectivity index (χ2n) is 2.28. The van der Waals surface area contributed by atoms with Crippen LogP contribution in [0.5, 0.6) is 0 Å². The Morgan fingerprint density at radius 1 is 1.75 bits per heavy atom. The zero-order chi connectivity index (χ0) is 9.40. The van der Waals surface area contributed by atoms with E-state index in [2.05, 4.69) is 10.3 Å². The molecule has 0 aliphatic carbocycles. The molecule has 0 aromatic rings. The SMILES string of the molecule is CN=CNCCCC(=[NH2+])C(=O)O. The second kappa shape index (κ2) is 6.33. The van der Waals surface area contributed by atoms with Gasteiger partial charge in [-0.2, -0.15) is 0 Å². The van der Waals surface area contributed by atoms with Gasteiger partial charge in [-0.15, -0.1) is 0 Å². The molecule has 0 aromatic carbocycles. The first kappa shape index (κ1) is 10.6. The Hall–Kier alpha value is -1.39. The summed E-state index contributed by atoms with van der Waals surface area (Å²) in [4.78, 5) is 13.9. The highest BCUT2D eigenvalue weighted by molar-refractivity contribution is 6.32. The topological polar surface area (TPSA) is 87.3 Å². The molecule has 0 rings (SSSR count). The molecule has 0 aromatic heterocycles. The van der Waals surface area contributed by atoms with Crippen LogP contribution in [0.4, 0.5) is 0 Å². The number of nitrogens with two attached hydrogens (primary N) is 1. The molecule has 4 N–H and O–H groups in total. The van der Waals surface area contributed by atoms with Crippen molar-refractivity contribution in [3.63, 3.8) is 0 Å². The molecule has 0 heterocycles. The first-order valence-electron chi connectivity index (χ1n) is 3.67. The molecule has 0 saturated heterocycles. The highest BCUT2D eigenvalue weighted by Gasteiger charge is 2.10. The minimum absolute atomic E-state index is 0.00485. The molecule has 0 saturated carbocycles. The number of nitrogens with zero attached hydrogens (tertiary/aromatic N) is 1. The van der Waals surface area contributed by atoms with Crippen molar-refractivity contribution in [1.29, 1.82) is 0 Å². The summed E-state index contributed by atoms with van der Waals surface area (Å²) in [5.74, 6) is -1.03. The van der Waals surface area contributed by atoms with Crippen LogP contribution in [0.2, 0.25) is 0 Å². The number of aliphatic carboxylic acids is 1. The third-order valence-corrected chi connectivity index (χ3v) is 1.26. The van der Waals surface area contributed by atoms with Crippen molar-refractivity contribution >= 4 is 18.0 Å². The molecule has 0 unspecified atom stereocenters. The van der Waals surface area contributed by atoms with Crippen molar-refractivity contribution < 1.29 is 15.3 Å². The Bertz CT molecular complexity index is 189. The third kappa shape index (κ3) is 5.40. The van der Waals surface area contributed by atoms with Crippen LogP contribution in [0.25, 0.3) is 0 Å². The monoisotopic (exact) mass is 172 g/mol. The quantitative estimate of drug-likeness (QED) is 0.253. The molecule has 0 aliphatic rings. The van der Waals surface area contributed by atoms with E-state index in [9.17, 15) is 4.79 Å². The fourth-order valence-electron chi connectivity index (χ4n) is 0.644. The molecular formula is C7H14N3O2+. The van der Waals surface area contributed by atoms with Gasteiger partial charge in [-0.25, -0.2) is 4.79 Å². The summed E-state index contributed by atoms with van der Waals surface area (Å²) < 4.78 is 0. The summed E-state index contributed by atoms with van der Waals surface area (Å²) in [5, 5.41) is 16.4. The maximum Gasteiger partial charge on any atom is 0.395 e. The molecule has 5 heteroatoms. The van der Waals surface area contributed by atoms with Gasteiger partial charge in [0.2, 0.25) is 0 Å². The Labute approximate surface area is 71.0 Å². The van der Waals surface area contributed by atoms with Crippen LogP contribution >= 0.6 is 0 Å². The molecular weight excluding hydrogens is 158 g/mol. The molecule has 0 radical (unpaired) electrons. The summed E-state index contributed by atoms with van der Waals surface area (Å²) in [5.41, 5.74) is 0.00485. The molecule has 68 valence electrons. The lowest BCUT2D eigenvalue weighted by Gasteiger charge is -1.96. The average Bonchev–Trinajstić information content (AvgIpc) is 2.03. The van der Waals surface area contributed by atoms with Gasteiger partial charge in [0.1, 0.15) is 0 Å². The molecule has 12 heavy (non-hydrogen) atoms. The van der Waals surface area contributed by atoms with Crippen LogP contribution < -0.4 is 10.7 Å². The number of hydrogen-bond acceptors (Lipinski definition) is 2. The minimum atomic E-state index is -1.03. The van der Waals surface area contributed by atoms with Gasteiger partial charge in [-0.05, 0) is 6.42 Å². The van der Waals surface area contributed by atoms with Crippen LogP contribution in [0.3, 0.4) is 0 Å². The number of hydrogen-bond donors (Lipinski definition) is 3. The zero-order valence-corrected chi connectivity index (χ0v) is 7.08. The second-order valence-corrected chi connectivity index (χ2v) is 2.28. The number of carbonyl (C=O) groups is 1. The Kier molecular flexibility index (Phi) is 5.60. The average molecular weight is 172 g/mol. The predicted octanol–water partition coefficient (Wildman–Crippen LogP) is -1.70. The zero-order valence-electron chi connectivity index (χ0n) is 7.08. The maximum absolute atomic E-state index is 10.2. The molecule has 0 fully saturated rings. The van der Waals surface area contributed by atoms with E-state index < -0.39 is 5.97 Å². The highest BCUT2D eigenvalue weighted by Crippen LogP contribution is 1.86. The molecule has 0 amide bonds. The van der Waals surface area contributed by atoms with E-state index in [1.165, 1.54) is 0 Å². The first-order valence-corrected chi connectivity index (χ1v) is 3.67. The fraction of sp³-hybridized carbons (Fsp3) is 0.571. The summed E-state index contributed by atoms with van der Waals surface area (Å²) >= 11 is 0. The molecule has 0 spiro atoms. The van der Waals surface area contributed by atoms with E-state index in [0.29, 0.717) is 19.4 Å². The van der Waals surface area contributed by atoms with Gasteiger partial charge in [0.05, 0.1) is 6.34 Å². The van der Waals surface area contributed by atoms with E-state index >= 15 is 0 Å². The molecule has 5 nitrogen and oxygen atoms in total. The lowest BCUT2D eigenvalue weighted by Crippen LogP contribution is -2.44. The lowest BCUT2D eigenvalue weighted by molar-refractivity contribution is -0.149. The highest BCUT2D eigenvalue weighted by atomic mass is 16.4. The van der Waals surface area contributed by atoms with Gasteiger partial charge >= 0.3 is 5.97 Å². The smallest absolute Gasteiger partial charge is 0.395 e. The molecule has 0 atom stereocenters. The Morgan fingerprint density at radius 2 is 2.42 bits per heavy atom. The summed E-state index contributed by atoms with van der Waals surface area (Å²) in [6.45, 7) is 0.686. The van der Waals surface area contributed by atoms with Gasteiger partial charge in [0.25, 0.3) is 5.71 Å². The fourth-order valence-corrected chi connectivity index (χ4v) is 0.644. The largest absolute Gasteiger partial charge is 0.474 e. The van der Waals surface area contributed by atoms with Crippen LogP contribution in [-0.2, 0) is 4.79 Å². The van der Waals surface area contributed by atoms with Gasteiger partial charge < -0.3 is 10.4 Å². The van der Waals surface area contributed by atoms with Crippen molar-refractivity contribution in [2.45, 2.75) is 12.8 Å². The molecule has 0 aliphatic heterocycles. The van der Waals surface area contributed by atoms with E-state index in [4.69, 9.17) is 10.5 Å². The summed E-state index contributed by atoms with van der Waals surface area (Å²) in [6.07, 6.45) is 2.67. The van der Waals surface area contributed by atoms with Crippen LogP contribution in [0, 0.1) is 0 Å². The van der Waals surface area contributed by atoms with E-state index in [1.54, 1.807) is 13.4 Å². The minimum Gasteiger partial charge on any atom is -0.474 e. The van der Waals surface area contributed by atoms with E-state index in [0.717, 1.165) is 0 Å². The van der Waals surface area contributed by atoms with Gasteiger partial charge in [-0.1, -0.05) is 0 Å². The lowest BCUT2D eigenvalue weighted by atomic mass is 10.2. The maximum atomic E-state index is 10.2. The summed E-state index contributed by atoms with van der Waals surface area (Å²) in [6, 6.07) is 0. The number of nitrogens with one attached hydrogen (secondary N) is 1. The number of carboxylic acids is 1. The van der Waals surface area contributed by atoms with Crippen molar-refractivity contribution in [2.75, 3.05) is 13.6 Å². The van der Waals surface area contributed by atoms with Crippen molar-refractivity contribution in [3.05, 3.63) is 0 Å². The Morgan fingerprint density at radius 3 is 2.92 bits per heavy atom. The van der Waals surface area contributed by atoms with Crippen molar-refractivity contribution in [2.24, 2.45) is 4.99 Å². The number of aliphatic imine (C=N–C) groups is 1. The van der Waals surface area contributed by atoms with Crippen LogP contribution in [-0.4, -0.2) is 36.7 Å². The summed E-state index contributed by atoms with van der Waals surface area (Å²) in [7, 11) is 1.66. The number of carboxylic acid groups (broad SMARTS) is 1. The molecule has 0 bridgehead atoms. The Balaban J connectivity index is 3.32. The van der Waals surface area contributed by atoms with Crippen molar-refractivity contribution in [3.8, 4) is 0 Å². The normalized spacial score (nSPS) is 10.1. The van der Waals surface area contributed by atoms with E-state index in [1.807, 2.05) is 0 Å². The van der Waals surface area contributed by atoms with Crippen LogP contribution in [0.1, 0.15) is 12.8 Å². The van der Waals surface area contributed by atoms with Crippen LogP contribution in [0.15, 0.2) is 4.99 Å². The first-order chi connectivity index (χ1) is 5.68. The standard InChI is InChI=1S/C7H13N3O2/c1-9-5-10-4-2-3-6(8)7(11)12/h5,8H,2-4H2,1H3,(H,9,10)(H,11,12)/p+1. The van der Waals surface area contributed by atoms with Gasteiger partial charge in [0, 0.05) is 20.0 Å². The van der Waals surface area contributed by atoms with E-state index in [-0.39, 0.29) is 5.71 Å². The van der Waals surface area contributed by atoms with Crippen molar-refractivity contribution in [1.82, 2.24) is 5.32 Å². The number of rotatable bonds is 6. The predicted molar refractivity (Wildman–Crippen MR) is 46.2 cm³/mol. The van der Waals surface area contributed by atoms with Gasteiger partial charge in [-0.3, -0.25) is 10.4 Å². The van der Waals surface area contributed by atoms with Gasteiger partial charge in [0.15, 0.2) is 0 Å².